The number of aryl methyl sites for hydroxylation is 1. The Morgan fingerprint density at radius 1 is 1.03 bits per heavy atom. The van der Waals surface area contributed by atoms with Crippen LogP contribution in [0.25, 0.3) is 0 Å². The number of benzene rings is 3. The molecule has 8 nitrogen and oxygen atoms in total. The van der Waals surface area contributed by atoms with Crippen molar-refractivity contribution in [1.82, 2.24) is 5.32 Å². The third-order valence-electron chi connectivity index (χ3n) is 4.70. The summed E-state index contributed by atoms with van der Waals surface area (Å²) in [6.45, 7) is 1.87. The number of anilines is 1. The monoisotopic (exact) mass is 457 g/mol. The van der Waals surface area contributed by atoms with Gasteiger partial charge in [-0.15, -0.1) is 0 Å². The number of carbonyl (C=O) groups is 1. The van der Waals surface area contributed by atoms with Crippen LogP contribution in [0.4, 0.5) is 15.8 Å². The van der Waals surface area contributed by atoms with Crippen LogP contribution in [-0.2, 0) is 16.4 Å². The van der Waals surface area contributed by atoms with E-state index < -0.39 is 14.9 Å². The Bertz CT molecular complexity index is 1240. The molecule has 0 aliphatic rings. The highest BCUT2D eigenvalue weighted by molar-refractivity contribution is 7.92. The molecule has 0 radical (unpaired) electrons. The molecule has 3 aromatic rings. The molecule has 10 heteroatoms. The van der Waals surface area contributed by atoms with E-state index in [1.54, 1.807) is 12.1 Å². The fourth-order valence-corrected chi connectivity index (χ4v) is 4.01. The summed E-state index contributed by atoms with van der Waals surface area (Å²) in [5.74, 6) is -0.662. The molecule has 0 aliphatic heterocycles. The Morgan fingerprint density at radius 2 is 1.69 bits per heavy atom. The molecule has 0 bridgehead atoms. The number of nitro benzene ring substituents is 1. The van der Waals surface area contributed by atoms with E-state index in [1.807, 2.05) is 0 Å². The fourth-order valence-electron chi connectivity index (χ4n) is 2.93. The molecule has 0 saturated heterocycles. The zero-order chi connectivity index (χ0) is 23.3. The van der Waals surface area contributed by atoms with Gasteiger partial charge in [0.25, 0.3) is 21.6 Å². The van der Waals surface area contributed by atoms with Crippen molar-refractivity contribution in [1.29, 1.82) is 0 Å². The molecule has 166 valence electrons. The second-order valence-electron chi connectivity index (χ2n) is 7.02. The van der Waals surface area contributed by atoms with Crippen molar-refractivity contribution >= 4 is 27.3 Å². The number of hydrogen-bond donors (Lipinski definition) is 2. The van der Waals surface area contributed by atoms with Gasteiger partial charge in [-0.1, -0.05) is 18.2 Å². The molecule has 0 spiro atoms. The number of carbonyl (C=O) groups excluding carboxylic acids is 1. The molecule has 3 rings (SSSR count). The lowest BCUT2D eigenvalue weighted by Crippen LogP contribution is -2.25. The van der Waals surface area contributed by atoms with Crippen LogP contribution in [0.3, 0.4) is 0 Å². The van der Waals surface area contributed by atoms with Gasteiger partial charge in [-0.25, -0.2) is 12.8 Å². The predicted molar refractivity (Wildman–Crippen MR) is 118 cm³/mol. The van der Waals surface area contributed by atoms with Crippen LogP contribution in [-0.4, -0.2) is 25.8 Å². The molecule has 0 aromatic heterocycles. The zero-order valence-corrected chi connectivity index (χ0v) is 17.9. The number of nitrogens with one attached hydrogen (secondary N) is 2. The Hall–Kier alpha value is -3.79. The van der Waals surface area contributed by atoms with Crippen molar-refractivity contribution in [3.63, 3.8) is 0 Å². The van der Waals surface area contributed by atoms with Crippen molar-refractivity contribution < 1.29 is 22.5 Å². The van der Waals surface area contributed by atoms with Gasteiger partial charge >= 0.3 is 0 Å². The summed E-state index contributed by atoms with van der Waals surface area (Å²) in [7, 11) is -4.05. The van der Waals surface area contributed by atoms with Gasteiger partial charge in [-0.3, -0.25) is 19.6 Å². The second-order valence-corrected chi connectivity index (χ2v) is 8.70. The third-order valence-corrected chi connectivity index (χ3v) is 6.08. The van der Waals surface area contributed by atoms with Gasteiger partial charge in [-0.05, 0) is 61.4 Å². The van der Waals surface area contributed by atoms with Crippen LogP contribution < -0.4 is 10.0 Å². The van der Waals surface area contributed by atoms with Gasteiger partial charge in [0, 0.05) is 29.4 Å². The Morgan fingerprint density at radius 3 is 2.31 bits per heavy atom. The first-order valence-electron chi connectivity index (χ1n) is 9.56. The predicted octanol–water partition coefficient (Wildman–Crippen LogP) is 3.82. The Kier molecular flexibility index (Phi) is 6.84. The Balaban J connectivity index is 1.62. The van der Waals surface area contributed by atoms with Crippen molar-refractivity contribution in [3.8, 4) is 0 Å². The van der Waals surface area contributed by atoms with Crippen LogP contribution in [0.2, 0.25) is 0 Å². The maximum atomic E-state index is 12.9. The van der Waals surface area contributed by atoms with Gasteiger partial charge in [0.15, 0.2) is 0 Å². The first-order chi connectivity index (χ1) is 15.2. The summed E-state index contributed by atoms with van der Waals surface area (Å²) >= 11 is 0. The number of hydrogen-bond acceptors (Lipinski definition) is 5. The van der Waals surface area contributed by atoms with Crippen LogP contribution in [0.1, 0.15) is 21.5 Å². The van der Waals surface area contributed by atoms with E-state index in [1.165, 1.54) is 55.5 Å². The van der Waals surface area contributed by atoms with Crippen molar-refractivity contribution in [3.05, 3.63) is 99.4 Å². The van der Waals surface area contributed by atoms with E-state index in [0.29, 0.717) is 24.1 Å². The lowest BCUT2D eigenvalue weighted by atomic mass is 10.1. The maximum Gasteiger partial charge on any atom is 0.273 e. The average Bonchev–Trinajstić information content (AvgIpc) is 2.75. The highest BCUT2D eigenvalue weighted by Crippen LogP contribution is 2.24. The summed E-state index contributed by atoms with van der Waals surface area (Å²) in [6, 6.07) is 15.4. The minimum Gasteiger partial charge on any atom is -0.352 e. The lowest BCUT2D eigenvalue weighted by molar-refractivity contribution is -0.385. The molecule has 0 heterocycles. The van der Waals surface area contributed by atoms with Crippen molar-refractivity contribution in [2.24, 2.45) is 0 Å². The molecule has 1 amide bonds. The lowest BCUT2D eigenvalue weighted by Gasteiger charge is -2.10. The smallest absolute Gasteiger partial charge is 0.273 e. The van der Waals surface area contributed by atoms with E-state index in [0.717, 1.165) is 11.6 Å². The van der Waals surface area contributed by atoms with Crippen molar-refractivity contribution in [2.45, 2.75) is 18.2 Å². The number of halogens is 1. The molecule has 0 unspecified atom stereocenters. The van der Waals surface area contributed by atoms with Gasteiger partial charge in [-0.2, -0.15) is 0 Å². The van der Waals surface area contributed by atoms with Crippen LogP contribution in [0, 0.1) is 22.9 Å². The van der Waals surface area contributed by atoms with Gasteiger partial charge in [0.05, 0.1) is 9.82 Å². The topological polar surface area (TPSA) is 118 Å². The number of rotatable bonds is 8. The largest absolute Gasteiger partial charge is 0.352 e. The molecular formula is C22H20FN3O5S. The number of nitro groups is 1. The summed E-state index contributed by atoms with van der Waals surface area (Å²) in [5, 5.41) is 13.8. The van der Waals surface area contributed by atoms with Crippen molar-refractivity contribution in [2.75, 3.05) is 11.3 Å². The first-order valence-corrected chi connectivity index (χ1v) is 11.0. The van der Waals surface area contributed by atoms with E-state index >= 15 is 0 Å². The zero-order valence-electron chi connectivity index (χ0n) is 17.0. The average molecular weight is 457 g/mol. The molecule has 0 atom stereocenters. The summed E-state index contributed by atoms with van der Waals surface area (Å²) in [4.78, 5) is 22.5. The standard InChI is InChI=1S/C22H20FN3O5S/c1-15-2-11-20(14-21(15)26(28)29)32(30,31)25-19-9-5-17(6-10-19)22(27)24-13-12-16-3-7-18(23)8-4-16/h2-11,14,25H,12-13H2,1H3,(H,24,27). The molecule has 2 N–H and O–H groups in total. The van der Waals surface area contributed by atoms with E-state index in [2.05, 4.69) is 10.0 Å². The number of sulfonamides is 1. The highest BCUT2D eigenvalue weighted by Gasteiger charge is 2.20. The number of nitrogens with zero attached hydrogens (tertiary/aromatic N) is 1. The van der Waals surface area contributed by atoms with Crippen LogP contribution in [0.5, 0.6) is 0 Å². The second kappa shape index (κ2) is 9.56. The summed E-state index contributed by atoms with van der Waals surface area (Å²) in [6.07, 6.45) is 0.534. The molecule has 32 heavy (non-hydrogen) atoms. The molecular weight excluding hydrogens is 437 g/mol. The van der Waals surface area contributed by atoms with E-state index in [4.69, 9.17) is 0 Å². The summed E-state index contributed by atoms with van der Waals surface area (Å²) < 4.78 is 40.4. The van der Waals surface area contributed by atoms with Gasteiger partial charge < -0.3 is 5.32 Å². The molecule has 0 aliphatic carbocycles. The molecule has 3 aromatic carbocycles. The normalized spacial score (nSPS) is 11.1. The van der Waals surface area contributed by atoms with Crippen LogP contribution >= 0.6 is 0 Å². The quantitative estimate of drug-likeness (QED) is 0.394. The minimum atomic E-state index is -4.05. The molecule has 0 fully saturated rings. The van der Waals surface area contributed by atoms with Gasteiger partial charge in [0.2, 0.25) is 0 Å². The first kappa shape index (κ1) is 22.9. The molecule has 0 saturated carbocycles. The minimum absolute atomic E-state index is 0.205. The third kappa shape index (κ3) is 5.67. The van der Waals surface area contributed by atoms with Gasteiger partial charge in [0.1, 0.15) is 5.82 Å². The van der Waals surface area contributed by atoms with Crippen LogP contribution in [0.15, 0.2) is 71.6 Å². The Labute approximate surface area is 184 Å². The fraction of sp³-hybridized carbons (Fsp3) is 0.136. The maximum absolute atomic E-state index is 12.9. The number of amides is 1. The summed E-state index contributed by atoms with van der Waals surface area (Å²) in [5.41, 5.74) is 1.48. The van der Waals surface area contributed by atoms with E-state index in [-0.39, 0.29) is 28.0 Å². The van der Waals surface area contributed by atoms with E-state index in [9.17, 15) is 27.7 Å². The highest BCUT2D eigenvalue weighted by atomic mass is 32.2. The SMILES string of the molecule is Cc1ccc(S(=O)(=O)Nc2ccc(C(=O)NCCc3ccc(F)cc3)cc2)cc1[N+](=O)[O-].